The predicted molar refractivity (Wildman–Crippen MR) is 45.4 cm³/mol. The number of alkyl halides is 3. The molecule has 1 saturated heterocycles. The van der Waals surface area contributed by atoms with Crippen LogP contribution < -0.4 is 5.32 Å². The number of rotatable bonds is 2. The predicted octanol–water partition coefficient (Wildman–Crippen LogP) is 2.57. The number of halogens is 3. The lowest BCUT2D eigenvalue weighted by molar-refractivity contribution is -0.191. The minimum Gasteiger partial charge on any atom is -0.317 e. The lowest BCUT2D eigenvalue weighted by Gasteiger charge is -2.31. The van der Waals surface area contributed by atoms with Gasteiger partial charge in [-0.15, -0.1) is 0 Å². The summed E-state index contributed by atoms with van der Waals surface area (Å²) in [5.41, 5.74) is 0. The monoisotopic (exact) mass is 195 g/mol. The van der Waals surface area contributed by atoms with Gasteiger partial charge in [0.05, 0.1) is 5.92 Å². The Labute approximate surface area is 76.7 Å². The quantitative estimate of drug-likeness (QED) is 0.714. The Kier molecular flexibility index (Phi) is 3.59. The van der Waals surface area contributed by atoms with E-state index in [0.29, 0.717) is 12.8 Å². The molecule has 1 nitrogen and oxygen atoms in total. The summed E-state index contributed by atoms with van der Waals surface area (Å²) in [7, 11) is 0. The van der Waals surface area contributed by atoms with Crippen molar-refractivity contribution in [3.8, 4) is 0 Å². The van der Waals surface area contributed by atoms with Gasteiger partial charge in [-0.3, -0.25) is 0 Å². The third-order valence-electron chi connectivity index (χ3n) is 2.81. The van der Waals surface area contributed by atoms with Gasteiger partial charge in [-0.1, -0.05) is 6.92 Å². The van der Waals surface area contributed by atoms with E-state index in [0.717, 1.165) is 13.1 Å². The Bertz CT molecular complexity index is 149. The third kappa shape index (κ3) is 2.86. The first-order chi connectivity index (χ1) is 6.05. The van der Waals surface area contributed by atoms with Crippen LogP contribution in [0.2, 0.25) is 0 Å². The van der Waals surface area contributed by atoms with Crippen LogP contribution in [0.4, 0.5) is 13.2 Å². The minimum absolute atomic E-state index is 0.161. The molecular weight excluding hydrogens is 179 g/mol. The second-order valence-corrected chi connectivity index (χ2v) is 3.64. The molecule has 1 N–H and O–H groups in total. The number of nitrogens with one attached hydrogen (secondary N) is 1. The Balaban J connectivity index is 2.54. The van der Waals surface area contributed by atoms with Crippen LogP contribution in [0.5, 0.6) is 0 Å². The van der Waals surface area contributed by atoms with Gasteiger partial charge in [-0.25, -0.2) is 0 Å². The fourth-order valence-electron chi connectivity index (χ4n) is 2.08. The molecule has 0 aliphatic carbocycles. The highest BCUT2D eigenvalue weighted by Gasteiger charge is 2.43. The zero-order valence-corrected chi connectivity index (χ0v) is 7.82. The Morgan fingerprint density at radius 3 is 2.23 bits per heavy atom. The smallest absolute Gasteiger partial charge is 0.317 e. The molecule has 1 aliphatic rings. The van der Waals surface area contributed by atoms with Crippen molar-refractivity contribution in [2.24, 2.45) is 11.8 Å². The van der Waals surface area contributed by atoms with E-state index in [1.54, 1.807) is 6.92 Å². The second-order valence-electron chi connectivity index (χ2n) is 3.64. The van der Waals surface area contributed by atoms with Gasteiger partial charge in [-0.05, 0) is 38.3 Å². The molecule has 0 aromatic carbocycles. The maximum absolute atomic E-state index is 12.5. The maximum Gasteiger partial charge on any atom is 0.392 e. The van der Waals surface area contributed by atoms with Gasteiger partial charge < -0.3 is 5.32 Å². The van der Waals surface area contributed by atoms with Gasteiger partial charge in [0.25, 0.3) is 0 Å². The van der Waals surface area contributed by atoms with Crippen molar-refractivity contribution < 1.29 is 13.2 Å². The molecule has 1 rings (SSSR count). The van der Waals surface area contributed by atoms with Crippen LogP contribution >= 0.6 is 0 Å². The molecule has 1 heterocycles. The summed E-state index contributed by atoms with van der Waals surface area (Å²) in [6.45, 7) is 3.09. The fraction of sp³-hybridized carbons (Fsp3) is 1.00. The lowest BCUT2D eigenvalue weighted by Crippen LogP contribution is -2.37. The van der Waals surface area contributed by atoms with E-state index in [1.807, 2.05) is 0 Å². The average molecular weight is 195 g/mol. The molecule has 0 saturated carbocycles. The van der Waals surface area contributed by atoms with E-state index in [9.17, 15) is 13.2 Å². The number of piperidine rings is 1. The summed E-state index contributed by atoms with van der Waals surface area (Å²) in [6, 6.07) is 0. The van der Waals surface area contributed by atoms with Crippen LogP contribution in [0.1, 0.15) is 26.2 Å². The van der Waals surface area contributed by atoms with Crippen LogP contribution in [-0.2, 0) is 0 Å². The largest absolute Gasteiger partial charge is 0.392 e. The van der Waals surface area contributed by atoms with Crippen molar-refractivity contribution in [1.82, 2.24) is 5.32 Å². The van der Waals surface area contributed by atoms with Crippen molar-refractivity contribution in [3.05, 3.63) is 0 Å². The van der Waals surface area contributed by atoms with Crippen molar-refractivity contribution in [3.63, 3.8) is 0 Å². The topological polar surface area (TPSA) is 12.0 Å². The first kappa shape index (κ1) is 10.8. The number of hydrogen-bond acceptors (Lipinski definition) is 1. The summed E-state index contributed by atoms with van der Waals surface area (Å²) < 4.78 is 37.5. The molecule has 0 amide bonds. The molecule has 0 radical (unpaired) electrons. The summed E-state index contributed by atoms with van der Waals surface area (Å²) in [4.78, 5) is 0. The third-order valence-corrected chi connectivity index (χ3v) is 2.81. The van der Waals surface area contributed by atoms with Gasteiger partial charge in [-0.2, -0.15) is 13.2 Å². The Morgan fingerprint density at radius 1 is 1.31 bits per heavy atom. The van der Waals surface area contributed by atoms with Crippen LogP contribution in [0.3, 0.4) is 0 Å². The molecule has 4 heteroatoms. The molecular formula is C9H16F3N. The molecule has 1 aliphatic heterocycles. The van der Waals surface area contributed by atoms with Crippen molar-refractivity contribution in [2.45, 2.75) is 32.4 Å². The fourth-order valence-corrected chi connectivity index (χ4v) is 2.08. The van der Waals surface area contributed by atoms with E-state index in [1.165, 1.54) is 0 Å². The van der Waals surface area contributed by atoms with Crippen LogP contribution in [-0.4, -0.2) is 19.3 Å². The van der Waals surface area contributed by atoms with Gasteiger partial charge >= 0.3 is 6.18 Å². The van der Waals surface area contributed by atoms with E-state index >= 15 is 0 Å². The molecule has 0 aromatic heterocycles. The molecule has 1 fully saturated rings. The van der Waals surface area contributed by atoms with E-state index in [4.69, 9.17) is 0 Å². The highest BCUT2D eigenvalue weighted by Crippen LogP contribution is 2.38. The number of hydrogen-bond donors (Lipinski definition) is 1. The summed E-state index contributed by atoms with van der Waals surface area (Å²) >= 11 is 0. The Morgan fingerprint density at radius 2 is 1.85 bits per heavy atom. The standard InChI is InChI=1S/C9H16F3N/c1-2-8(9(10,11)12)7-3-5-13-6-4-7/h7-8,13H,2-6H2,1H3. The molecule has 13 heavy (non-hydrogen) atoms. The van der Waals surface area contributed by atoms with Crippen LogP contribution in [0, 0.1) is 11.8 Å². The van der Waals surface area contributed by atoms with Gasteiger partial charge in [0, 0.05) is 0 Å². The van der Waals surface area contributed by atoms with Crippen molar-refractivity contribution in [2.75, 3.05) is 13.1 Å². The van der Waals surface area contributed by atoms with Crippen molar-refractivity contribution >= 4 is 0 Å². The molecule has 0 spiro atoms. The van der Waals surface area contributed by atoms with E-state index < -0.39 is 12.1 Å². The molecule has 1 unspecified atom stereocenters. The summed E-state index contributed by atoms with van der Waals surface area (Å²) in [5, 5.41) is 3.08. The molecule has 1 atom stereocenters. The van der Waals surface area contributed by atoms with Crippen LogP contribution in [0.25, 0.3) is 0 Å². The highest BCUT2D eigenvalue weighted by molar-refractivity contribution is 4.79. The molecule has 78 valence electrons. The van der Waals surface area contributed by atoms with E-state index in [-0.39, 0.29) is 12.3 Å². The zero-order chi connectivity index (χ0) is 9.90. The SMILES string of the molecule is CCC(C1CCNCC1)C(F)(F)F. The van der Waals surface area contributed by atoms with E-state index in [2.05, 4.69) is 5.32 Å². The molecule has 0 aromatic rings. The first-order valence-electron chi connectivity index (χ1n) is 4.83. The normalized spacial score (nSPS) is 23.1. The maximum atomic E-state index is 12.5. The minimum atomic E-state index is -4.00. The highest BCUT2D eigenvalue weighted by atomic mass is 19.4. The lowest BCUT2D eigenvalue weighted by atomic mass is 9.83. The summed E-state index contributed by atoms with van der Waals surface area (Å²) in [5.74, 6) is -1.25. The van der Waals surface area contributed by atoms with Gasteiger partial charge in [0.1, 0.15) is 0 Å². The van der Waals surface area contributed by atoms with Crippen molar-refractivity contribution in [1.29, 1.82) is 0 Å². The summed E-state index contributed by atoms with van der Waals surface area (Å²) in [6.07, 6.45) is -2.46. The first-order valence-corrected chi connectivity index (χ1v) is 4.83. The Hall–Kier alpha value is -0.250. The van der Waals surface area contributed by atoms with Gasteiger partial charge in [0.15, 0.2) is 0 Å². The average Bonchev–Trinajstić information content (AvgIpc) is 2.05. The second kappa shape index (κ2) is 4.31. The van der Waals surface area contributed by atoms with Crippen LogP contribution in [0.15, 0.2) is 0 Å². The van der Waals surface area contributed by atoms with Gasteiger partial charge in [0.2, 0.25) is 0 Å². The molecule has 0 bridgehead atoms. The zero-order valence-electron chi connectivity index (χ0n) is 7.82.